The van der Waals surface area contributed by atoms with E-state index in [0.29, 0.717) is 35.8 Å². The number of carbonyl (C=O) groups excluding carboxylic acids is 1. The van der Waals surface area contributed by atoms with E-state index < -0.39 is 11.8 Å². The SMILES string of the molecule is C=C(C)C(=O)OCCOc1ccc(-c2ccc(OC)c(F)c2)cc1OCCOC. The predicted octanol–water partition coefficient (Wildman–Crippen LogP) is 4.02. The van der Waals surface area contributed by atoms with E-state index in [1.54, 1.807) is 44.4 Å². The van der Waals surface area contributed by atoms with Crippen LogP contribution in [-0.4, -0.2) is 46.6 Å². The van der Waals surface area contributed by atoms with Gasteiger partial charge in [-0.3, -0.25) is 0 Å². The smallest absolute Gasteiger partial charge is 0.333 e. The number of esters is 1. The molecule has 156 valence electrons. The lowest BCUT2D eigenvalue weighted by molar-refractivity contribution is -0.139. The molecule has 29 heavy (non-hydrogen) atoms. The highest BCUT2D eigenvalue weighted by atomic mass is 19.1. The quantitative estimate of drug-likeness (QED) is 0.320. The molecule has 0 amide bonds. The van der Waals surface area contributed by atoms with E-state index in [2.05, 4.69) is 6.58 Å². The number of hydrogen-bond acceptors (Lipinski definition) is 6. The highest BCUT2D eigenvalue weighted by molar-refractivity contribution is 5.86. The first-order valence-electron chi connectivity index (χ1n) is 9.01. The van der Waals surface area contributed by atoms with Crippen LogP contribution in [0.15, 0.2) is 48.6 Å². The largest absolute Gasteiger partial charge is 0.494 e. The molecule has 0 heterocycles. The average Bonchev–Trinajstić information content (AvgIpc) is 2.71. The number of ether oxygens (including phenoxy) is 5. The lowest BCUT2D eigenvalue weighted by Gasteiger charge is -2.15. The number of rotatable bonds is 11. The molecule has 2 rings (SSSR count). The first-order valence-corrected chi connectivity index (χ1v) is 9.01. The maximum atomic E-state index is 14.0. The zero-order chi connectivity index (χ0) is 21.2. The standard InChI is InChI=1S/C22H25FO6/c1-15(2)22(24)29-12-11-27-20-8-6-17(14-21(20)28-10-9-25-3)16-5-7-19(26-4)18(23)13-16/h5-8,13-14H,1,9-12H2,2-4H3. The second kappa shape index (κ2) is 11.1. The molecule has 0 fully saturated rings. The van der Waals surface area contributed by atoms with E-state index in [0.717, 1.165) is 5.56 Å². The summed E-state index contributed by atoms with van der Waals surface area (Å²) in [6.45, 7) is 6.04. The van der Waals surface area contributed by atoms with Crippen molar-refractivity contribution in [2.45, 2.75) is 6.92 Å². The van der Waals surface area contributed by atoms with Gasteiger partial charge in [0.05, 0.1) is 13.7 Å². The fourth-order valence-electron chi connectivity index (χ4n) is 2.41. The van der Waals surface area contributed by atoms with Crippen LogP contribution in [0, 0.1) is 5.82 Å². The Morgan fingerprint density at radius 2 is 1.52 bits per heavy atom. The van der Waals surface area contributed by atoms with Crippen molar-refractivity contribution in [3.63, 3.8) is 0 Å². The van der Waals surface area contributed by atoms with Crippen LogP contribution in [-0.2, 0) is 14.3 Å². The van der Waals surface area contributed by atoms with E-state index in [1.807, 2.05) is 0 Å². The van der Waals surface area contributed by atoms with Crippen LogP contribution in [0.1, 0.15) is 6.92 Å². The minimum Gasteiger partial charge on any atom is -0.494 e. The van der Waals surface area contributed by atoms with Crippen molar-refractivity contribution in [1.82, 2.24) is 0 Å². The maximum Gasteiger partial charge on any atom is 0.333 e. The van der Waals surface area contributed by atoms with Gasteiger partial charge in [-0.15, -0.1) is 0 Å². The number of carbonyl (C=O) groups is 1. The zero-order valence-electron chi connectivity index (χ0n) is 16.8. The summed E-state index contributed by atoms with van der Waals surface area (Å²) >= 11 is 0. The summed E-state index contributed by atoms with van der Waals surface area (Å²) in [5.41, 5.74) is 1.74. The van der Waals surface area contributed by atoms with Crippen molar-refractivity contribution < 1.29 is 32.9 Å². The van der Waals surface area contributed by atoms with Gasteiger partial charge in [0, 0.05) is 12.7 Å². The third-order valence-corrected chi connectivity index (χ3v) is 3.90. The number of benzene rings is 2. The van der Waals surface area contributed by atoms with Gasteiger partial charge in [0.15, 0.2) is 23.1 Å². The van der Waals surface area contributed by atoms with Gasteiger partial charge in [-0.25, -0.2) is 9.18 Å². The molecular formula is C22H25FO6. The van der Waals surface area contributed by atoms with Crippen molar-refractivity contribution in [2.75, 3.05) is 40.6 Å². The Bertz CT molecular complexity index is 849. The minimum atomic E-state index is -0.470. The normalized spacial score (nSPS) is 10.3. The van der Waals surface area contributed by atoms with Crippen molar-refractivity contribution in [3.05, 3.63) is 54.4 Å². The van der Waals surface area contributed by atoms with Crippen LogP contribution in [0.25, 0.3) is 11.1 Å². The van der Waals surface area contributed by atoms with Gasteiger partial charge in [0.1, 0.15) is 19.8 Å². The van der Waals surface area contributed by atoms with E-state index >= 15 is 0 Å². The summed E-state index contributed by atoms with van der Waals surface area (Å²) in [7, 11) is 2.99. The van der Waals surface area contributed by atoms with Gasteiger partial charge in [0.25, 0.3) is 0 Å². The highest BCUT2D eigenvalue weighted by Gasteiger charge is 2.11. The molecule has 6 nitrogen and oxygen atoms in total. The first kappa shape index (κ1) is 22.2. The van der Waals surface area contributed by atoms with E-state index in [4.69, 9.17) is 23.7 Å². The number of halogens is 1. The van der Waals surface area contributed by atoms with Crippen LogP contribution in [0.2, 0.25) is 0 Å². The van der Waals surface area contributed by atoms with Crippen LogP contribution in [0.4, 0.5) is 4.39 Å². The molecule has 0 radical (unpaired) electrons. The summed E-state index contributed by atoms with van der Waals surface area (Å²) in [5.74, 6) is 0.204. The molecule has 0 bridgehead atoms. The fraction of sp³-hybridized carbons (Fsp3) is 0.318. The second-order valence-corrected chi connectivity index (χ2v) is 6.12. The third-order valence-electron chi connectivity index (χ3n) is 3.90. The van der Waals surface area contributed by atoms with Crippen LogP contribution in [0.5, 0.6) is 17.2 Å². The summed E-state index contributed by atoms with van der Waals surface area (Å²) in [5, 5.41) is 0. The molecule has 2 aromatic carbocycles. The molecule has 0 saturated heterocycles. The molecular weight excluding hydrogens is 379 g/mol. The van der Waals surface area contributed by atoms with Crippen LogP contribution >= 0.6 is 0 Å². The van der Waals surface area contributed by atoms with Crippen molar-refractivity contribution in [3.8, 4) is 28.4 Å². The summed E-state index contributed by atoms with van der Waals surface area (Å²) in [6, 6.07) is 9.99. The van der Waals surface area contributed by atoms with Crippen LogP contribution < -0.4 is 14.2 Å². The maximum absolute atomic E-state index is 14.0. The summed E-state index contributed by atoms with van der Waals surface area (Å²) < 4.78 is 40.5. The van der Waals surface area contributed by atoms with E-state index in [1.165, 1.54) is 13.2 Å². The minimum absolute atomic E-state index is 0.0780. The molecule has 0 aromatic heterocycles. The molecule has 0 atom stereocenters. The first-order chi connectivity index (χ1) is 14.0. The van der Waals surface area contributed by atoms with Gasteiger partial charge in [-0.05, 0) is 42.3 Å². The number of methoxy groups -OCH3 is 2. The van der Waals surface area contributed by atoms with Crippen molar-refractivity contribution in [1.29, 1.82) is 0 Å². The van der Waals surface area contributed by atoms with Crippen molar-refractivity contribution in [2.24, 2.45) is 0 Å². The monoisotopic (exact) mass is 404 g/mol. The Balaban J connectivity index is 2.15. The molecule has 0 aliphatic rings. The predicted molar refractivity (Wildman–Crippen MR) is 107 cm³/mol. The highest BCUT2D eigenvalue weighted by Crippen LogP contribution is 2.34. The van der Waals surface area contributed by atoms with Gasteiger partial charge in [0.2, 0.25) is 0 Å². The third kappa shape index (κ3) is 6.50. The molecule has 0 spiro atoms. The van der Waals surface area contributed by atoms with Crippen molar-refractivity contribution >= 4 is 5.97 Å². The Hall–Kier alpha value is -3.06. The molecule has 2 aromatic rings. The molecule has 0 aliphatic carbocycles. The average molecular weight is 404 g/mol. The molecule has 0 unspecified atom stereocenters. The topological polar surface area (TPSA) is 63.2 Å². The fourth-order valence-corrected chi connectivity index (χ4v) is 2.41. The molecule has 0 saturated carbocycles. The Labute approximate surface area is 169 Å². The van der Waals surface area contributed by atoms with Gasteiger partial charge in [-0.2, -0.15) is 0 Å². The zero-order valence-corrected chi connectivity index (χ0v) is 16.8. The van der Waals surface area contributed by atoms with E-state index in [-0.39, 0.29) is 19.0 Å². The van der Waals surface area contributed by atoms with Crippen LogP contribution in [0.3, 0.4) is 0 Å². The van der Waals surface area contributed by atoms with Gasteiger partial charge in [-0.1, -0.05) is 18.7 Å². The summed E-state index contributed by atoms with van der Waals surface area (Å²) in [6.07, 6.45) is 0. The molecule has 7 heteroatoms. The Morgan fingerprint density at radius 3 is 2.14 bits per heavy atom. The van der Waals surface area contributed by atoms with Gasteiger partial charge >= 0.3 is 5.97 Å². The lowest BCUT2D eigenvalue weighted by Crippen LogP contribution is -2.13. The molecule has 0 N–H and O–H groups in total. The Morgan fingerprint density at radius 1 is 0.897 bits per heavy atom. The van der Waals surface area contributed by atoms with Gasteiger partial charge < -0.3 is 23.7 Å². The second-order valence-electron chi connectivity index (χ2n) is 6.12. The molecule has 0 aliphatic heterocycles. The van der Waals surface area contributed by atoms with E-state index in [9.17, 15) is 9.18 Å². The number of hydrogen-bond donors (Lipinski definition) is 0. The summed E-state index contributed by atoms with van der Waals surface area (Å²) in [4.78, 5) is 11.4. The lowest BCUT2D eigenvalue weighted by atomic mass is 10.0. The Kier molecular flexibility index (Phi) is 8.48.